The normalized spacial score (nSPS) is 11.9. The summed E-state index contributed by atoms with van der Waals surface area (Å²) in [5.74, 6) is -0.454. The molecule has 1 aromatic carbocycles. The summed E-state index contributed by atoms with van der Waals surface area (Å²) in [4.78, 5) is 26.3. The quantitative estimate of drug-likeness (QED) is 0.337. The molecule has 0 aliphatic rings. The number of H-pyrrole nitrogens is 2. The van der Waals surface area contributed by atoms with E-state index in [1.807, 2.05) is 18.3 Å². The fourth-order valence-electron chi connectivity index (χ4n) is 3.81. The summed E-state index contributed by atoms with van der Waals surface area (Å²) in [5.41, 5.74) is 3.13. The monoisotopic (exact) mass is 435 g/mol. The van der Waals surface area contributed by atoms with Gasteiger partial charge in [0.1, 0.15) is 11.3 Å². The van der Waals surface area contributed by atoms with Gasteiger partial charge in [-0.2, -0.15) is 13.2 Å². The number of pyridine rings is 2. The number of amides is 1. The first-order chi connectivity index (χ1) is 15.3. The molecule has 160 valence electrons. The van der Waals surface area contributed by atoms with Crippen molar-refractivity contribution in [2.75, 3.05) is 5.32 Å². The van der Waals surface area contributed by atoms with Crippen LogP contribution in [-0.4, -0.2) is 25.8 Å². The summed E-state index contributed by atoms with van der Waals surface area (Å²) in [6.07, 6.45) is 2.26. The van der Waals surface area contributed by atoms with Gasteiger partial charge in [-0.05, 0) is 47.5 Å². The predicted molar refractivity (Wildman–Crippen MR) is 116 cm³/mol. The largest absolute Gasteiger partial charge is 0.416 e. The average Bonchev–Trinajstić information content (AvgIpc) is 3.38. The maximum atomic E-state index is 13.5. The van der Waals surface area contributed by atoms with Crippen LogP contribution >= 0.6 is 0 Å². The molecule has 32 heavy (non-hydrogen) atoms. The number of carbonyl (C=O) groups is 1. The number of hydrogen-bond acceptors (Lipinski definition) is 3. The Morgan fingerprint density at radius 1 is 0.938 bits per heavy atom. The standard InChI is InChI=1S/C23H16F3N5O/c1-12(32)31-16-7-13(6-15(9-16)23(24,25)26)14-8-19-20(11-30-22(19)29-10-14)17-2-4-27-21-18(17)3-5-28-21/h2-11H,1H3,(H,27,28)(H,29,30)(H,31,32). The van der Waals surface area contributed by atoms with Crippen LogP contribution in [0.5, 0.6) is 0 Å². The molecule has 0 unspecified atom stereocenters. The van der Waals surface area contributed by atoms with E-state index in [1.165, 1.54) is 19.2 Å². The van der Waals surface area contributed by atoms with Gasteiger partial charge in [0, 0.05) is 59.3 Å². The third-order valence-electron chi connectivity index (χ3n) is 5.20. The van der Waals surface area contributed by atoms with Gasteiger partial charge in [-0.25, -0.2) is 9.97 Å². The van der Waals surface area contributed by atoms with Crippen LogP contribution in [0.2, 0.25) is 0 Å². The van der Waals surface area contributed by atoms with Crippen LogP contribution in [0.25, 0.3) is 44.3 Å². The van der Waals surface area contributed by atoms with E-state index in [9.17, 15) is 18.0 Å². The summed E-state index contributed by atoms with van der Waals surface area (Å²) in [6.45, 7) is 1.25. The third kappa shape index (κ3) is 3.47. The number of aromatic nitrogens is 4. The molecular formula is C23H16F3N5O. The van der Waals surface area contributed by atoms with Gasteiger partial charge in [0.2, 0.25) is 5.91 Å². The van der Waals surface area contributed by atoms with Crippen molar-refractivity contribution in [1.82, 2.24) is 19.9 Å². The van der Waals surface area contributed by atoms with Crippen molar-refractivity contribution >= 4 is 33.7 Å². The zero-order valence-electron chi connectivity index (χ0n) is 16.7. The van der Waals surface area contributed by atoms with Gasteiger partial charge in [-0.1, -0.05) is 0 Å². The highest BCUT2D eigenvalue weighted by Gasteiger charge is 2.31. The molecule has 0 bridgehead atoms. The predicted octanol–water partition coefficient (Wildman–Crippen LogP) is 5.75. The highest BCUT2D eigenvalue weighted by Crippen LogP contribution is 2.37. The minimum Gasteiger partial charge on any atom is -0.346 e. The lowest BCUT2D eigenvalue weighted by Gasteiger charge is -2.13. The maximum Gasteiger partial charge on any atom is 0.416 e. The Bertz CT molecular complexity index is 1480. The molecule has 3 N–H and O–H groups in total. The number of carbonyl (C=O) groups excluding carboxylic acids is 1. The summed E-state index contributed by atoms with van der Waals surface area (Å²) in [6, 6.07) is 9.06. The number of hydrogen-bond donors (Lipinski definition) is 3. The van der Waals surface area contributed by atoms with Crippen molar-refractivity contribution in [2.24, 2.45) is 0 Å². The lowest BCUT2D eigenvalue weighted by atomic mass is 9.99. The Morgan fingerprint density at radius 2 is 1.75 bits per heavy atom. The molecule has 5 aromatic rings. The van der Waals surface area contributed by atoms with Gasteiger partial charge in [0.25, 0.3) is 0 Å². The Hall–Kier alpha value is -4.14. The molecule has 0 saturated heterocycles. The van der Waals surface area contributed by atoms with Crippen LogP contribution in [0.3, 0.4) is 0 Å². The van der Waals surface area contributed by atoms with Crippen LogP contribution in [-0.2, 0) is 11.0 Å². The first kappa shape index (κ1) is 19.8. The SMILES string of the molecule is CC(=O)Nc1cc(-c2cnc3[nH]cc(-c4ccnc5[nH]ccc45)c3c2)cc(C(F)(F)F)c1. The average molecular weight is 435 g/mol. The van der Waals surface area contributed by atoms with Crippen LogP contribution in [0.15, 0.2) is 61.2 Å². The van der Waals surface area contributed by atoms with Gasteiger partial charge < -0.3 is 15.3 Å². The zero-order chi connectivity index (χ0) is 22.5. The summed E-state index contributed by atoms with van der Waals surface area (Å²) >= 11 is 0. The molecule has 0 radical (unpaired) electrons. The van der Waals surface area contributed by atoms with Gasteiger partial charge in [-0.3, -0.25) is 4.79 Å². The Balaban J connectivity index is 1.68. The number of nitrogens with one attached hydrogen (secondary N) is 3. The minimum absolute atomic E-state index is 0.0693. The topological polar surface area (TPSA) is 86.5 Å². The molecular weight excluding hydrogens is 419 g/mol. The van der Waals surface area contributed by atoms with E-state index in [-0.39, 0.29) is 5.69 Å². The van der Waals surface area contributed by atoms with E-state index in [4.69, 9.17) is 0 Å². The second-order valence-electron chi connectivity index (χ2n) is 7.40. The number of rotatable bonds is 3. The van der Waals surface area contributed by atoms with Gasteiger partial charge in [0.15, 0.2) is 0 Å². The molecule has 9 heteroatoms. The number of nitrogens with zero attached hydrogens (tertiary/aromatic N) is 2. The second kappa shape index (κ2) is 7.23. The molecule has 0 aliphatic heterocycles. The van der Waals surface area contributed by atoms with Gasteiger partial charge in [-0.15, -0.1) is 0 Å². The van der Waals surface area contributed by atoms with Crippen molar-refractivity contribution in [1.29, 1.82) is 0 Å². The maximum absolute atomic E-state index is 13.5. The van der Waals surface area contributed by atoms with Crippen molar-refractivity contribution in [2.45, 2.75) is 13.1 Å². The lowest BCUT2D eigenvalue weighted by Crippen LogP contribution is -2.10. The molecule has 0 fully saturated rings. The zero-order valence-corrected chi connectivity index (χ0v) is 16.7. The molecule has 4 heterocycles. The number of alkyl halides is 3. The van der Waals surface area contributed by atoms with Crippen molar-refractivity contribution < 1.29 is 18.0 Å². The molecule has 0 aliphatic carbocycles. The van der Waals surface area contributed by atoms with Crippen LogP contribution in [0, 0.1) is 0 Å². The molecule has 0 spiro atoms. The highest BCUT2D eigenvalue weighted by molar-refractivity contribution is 6.03. The Kier molecular flexibility index (Phi) is 4.47. The first-order valence-electron chi connectivity index (χ1n) is 9.69. The summed E-state index contributed by atoms with van der Waals surface area (Å²) in [7, 11) is 0. The number of aromatic amines is 2. The van der Waals surface area contributed by atoms with Gasteiger partial charge >= 0.3 is 6.18 Å². The van der Waals surface area contributed by atoms with Crippen LogP contribution in [0.4, 0.5) is 18.9 Å². The summed E-state index contributed by atoms with van der Waals surface area (Å²) in [5, 5.41) is 4.12. The number of fused-ring (bicyclic) bond motifs is 2. The van der Waals surface area contributed by atoms with E-state index in [2.05, 4.69) is 25.3 Å². The van der Waals surface area contributed by atoms with Crippen LogP contribution in [0.1, 0.15) is 12.5 Å². The lowest BCUT2D eigenvalue weighted by molar-refractivity contribution is -0.137. The molecule has 4 aromatic heterocycles. The van der Waals surface area contributed by atoms with Crippen molar-refractivity contribution in [3.63, 3.8) is 0 Å². The first-order valence-corrected chi connectivity index (χ1v) is 9.69. The Labute approximate surface area is 179 Å². The van der Waals surface area contributed by atoms with E-state index >= 15 is 0 Å². The third-order valence-corrected chi connectivity index (χ3v) is 5.20. The fraction of sp³-hybridized carbons (Fsp3) is 0.0870. The van der Waals surface area contributed by atoms with E-state index < -0.39 is 17.6 Å². The minimum atomic E-state index is -4.56. The molecule has 0 saturated carbocycles. The number of halogens is 3. The fourth-order valence-corrected chi connectivity index (χ4v) is 3.81. The van der Waals surface area contributed by atoms with E-state index in [0.717, 1.165) is 39.7 Å². The smallest absolute Gasteiger partial charge is 0.346 e. The number of benzene rings is 1. The van der Waals surface area contributed by atoms with E-state index in [0.29, 0.717) is 16.8 Å². The van der Waals surface area contributed by atoms with Gasteiger partial charge in [0.05, 0.1) is 5.56 Å². The molecule has 0 atom stereocenters. The Morgan fingerprint density at radius 3 is 2.53 bits per heavy atom. The second-order valence-corrected chi connectivity index (χ2v) is 7.40. The van der Waals surface area contributed by atoms with Crippen molar-refractivity contribution in [3.8, 4) is 22.3 Å². The molecule has 5 rings (SSSR count). The van der Waals surface area contributed by atoms with E-state index in [1.54, 1.807) is 18.5 Å². The molecule has 6 nitrogen and oxygen atoms in total. The molecule has 1 amide bonds. The number of anilines is 1. The van der Waals surface area contributed by atoms with Crippen molar-refractivity contribution in [3.05, 3.63) is 66.7 Å². The highest BCUT2D eigenvalue weighted by atomic mass is 19.4. The van der Waals surface area contributed by atoms with Crippen LogP contribution < -0.4 is 5.32 Å². The summed E-state index contributed by atoms with van der Waals surface area (Å²) < 4.78 is 40.4.